The van der Waals surface area contributed by atoms with E-state index >= 15 is 0 Å². The van der Waals surface area contributed by atoms with Crippen molar-refractivity contribution in [2.24, 2.45) is 0 Å². The van der Waals surface area contributed by atoms with Gasteiger partial charge in [0.1, 0.15) is 0 Å². The Kier molecular flexibility index (Phi) is 7.19. The van der Waals surface area contributed by atoms with E-state index in [0.717, 1.165) is 36.8 Å². The van der Waals surface area contributed by atoms with E-state index in [1.807, 2.05) is 23.5 Å². The number of nitrogens with one attached hydrogen (secondary N) is 1. The quantitative estimate of drug-likeness (QED) is 0.696. The van der Waals surface area contributed by atoms with E-state index in [1.54, 1.807) is 6.07 Å². The van der Waals surface area contributed by atoms with Crippen LogP contribution in [-0.4, -0.2) is 24.5 Å². The largest absolute Gasteiger partial charge is 0.311 e. The van der Waals surface area contributed by atoms with E-state index in [4.69, 9.17) is 23.2 Å². The zero-order valence-corrected chi connectivity index (χ0v) is 15.3. The molecule has 1 atom stereocenters. The van der Waals surface area contributed by atoms with Crippen LogP contribution < -0.4 is 5.32 Å². The van der Waals surface area contributed by atoms with Crippen molar-refractivity contribution in [1.29, 1.82) is 0 Å². The van der Waals surface area contributed by atoms with E-state index < -0.39 is 0 Å². The number of likely N-dealkylation sites (N-methyl/N-ethyl adjacent to an activating group) is 1. The predicted molar refractivity (Wildman–Crippen MR) is 98.1 cm³/mol. The van der Waals surface area contributed by atoms with Gasteiger partial charge in [0.15, 0.2) is 0 Å². The third kappa shape index (κ3) is 4.71. The van der Waals surface area contributed by atoms with Crippen molar-refractivity contribution in [1.82, 2.24) is 10.2 Å². The average molecular weight is 357 g/mol. The molecule has 0 bridgehead atoms. The molecular formula is C17H22Cl2N2S. The van der Waals surface area contributed by atoms with Gasteiger partial charge in [-0.25, -0.2) is 0 Å². The first-order chi connectivity index (χ1) is 10.7. The lowest BCUT2D eigenvalue weighted by molar-refractivity contribution is 0.216. The second-order valence-electron chi connectivity index (χ2n) is 5.12. The molecule has 120 valence electrons. The first-order valence-electron chi connectivity index (χ1n) is 7.57. The lowest BCUT2D eigenvalue weighted by Gasteiger charge is -2.29. The lowest BCUT2D eigenvalue weighted by atomic mass is 10.1. The third-order valence-electron chi connectivity index (χ3n) is 3.79. The minimum Gasteiger partial charge on any atom is -0.311 e. The van der Waals surface area contributed by atoms with Crippen molar-refractivity contribution in [2.45, 2.75) is 26.4 Å². The van der Waals surface area contributed by atoms with Crippen molar-refractivity contribution in [3.63, 3.8) is 0 Å². The van der Waals surface area contributed by atoms with Gasteiger partial charge in [-0.1, -0.05) is 49.2 Å². The van der Waals surface area contributed by atoms with Crippen LogP contribution in [0, 0.1) is 0 Å². The summed E-state index contributed by atoms with van der Waals surface area (Å²) in [6, 6.07) is 10.4. The highest BCUT2D eigenvalue weighted by Crippen LogP contribution is 2.25. The van der Waals surface area contributed by atoms with Crippen molar-refractivity contribution in [2.75, 3.05) is 19.6 Å². The van der Waals surface area contributed by atoms with E-state index in [-0.39, 0.29) is 0 Å². The number of rotatable bonds is 8. The smallest absolute Gasteiger partial charge is 0.0566 e. The van der Waals surface area contributed by atoms with Crippen LogP contribution in [-0.2, 0) is 6.54 Å². The van der Waals surface area contributed by atoms with Gasteiger partial charge in [0.25, 0.3) is 0 Å². The molecule has 0 amide bonds. The van der Waals surface area contributed by atoms with Crippen LogP contribution in [0.3, 0.4) is 0 Å². The van der Waals surface area contributed by atoms with Gasteiger partial charge in [0.2, 0.25) is 0 Å². The van der Waals surface area contributed by atoms with Crippen molar-refractivity contribution in [3.05, 3.63) is 56.2 Å². The number of thiophene rings is 1. The molecule has 0 aliphatic heterocycles. The molecular weight excluding hydrogens is 335 g/mol. The maximum Gasteiger partial charge on any atom is 0.0566 e. The summed E-state index contributed by atoms with van der Waals surface area (Å²) in [6.07, 6.45) is 0. The fraction of sp³-hybridized carbons (Fsp3) is 0.412. The van der Waals surface area contributed by atoms with Gasteiger partial charge in [-0.2, -0.15) is 0 Å². The first kappa shape index (κ1) is 17.8. The van der Waals surface area contributed by atoms with Gasteiger partial charge in [0.05, 0.1) is 6.04 Å². The number of hydrogen-bond acceptors (Lipinski definition) is 3. The molecule has 1 unspecified atom stereocenters. The second-order valence-corrected chi connectivity index (χ2v) is 6.94. The Hall–Kier alpha value is -0.580. The van der Waals surface area contributed by atoms with Gasteiger partial charge >= 0.3 is 0 Å². The molecule has 2 nitrogen and oxygen atoms in total. The summed E-state index contributed by atoms with van der Waals surface area (Å²) in [7, 11) is 0. The molecule has 2 rings (SSSR count). The van der Waals surface area contributed by atoms with Crippen molar-refractivity contribution >= 4 is 34.5 Å². The Bertz CT molecular complexity index is 568. The summed E-state index contributed by atoms with van der Waals surface area (Å²) in [5, 5.41) is 7.07. The van der Waals surface area contributed by atoms with E-state index in [1.165, 1.54) is 4.88 Å². The van der Waals surface area contributed by atoms with Crippen LogP contribution in [0.1, 0.15) is 30.3 Å². The van der Waals surface area contributed by atoms with E-state index in [9.17, 15) is 0 Å². The zero-order chi connectivity index (χ0) is 15.9. The summed E-state index contributed by atoms with van der Waals surface area (Å²) >= 11 is 14.0. The molecule has 0 saturated carbocycles. The molecule has 0 radical (unpaired) electrons. The van der Waals surface area contributed by atoms with Crippen LogP contribution in [0.25, 0.3) is 0 Å². The van der Waals surface area contributed by atoms with Gasteiger partial charge in [0, 0.05) is 28.0 Å². The van der Waals surface area contributed by atoms with Crippen LogP contribution in [0.5, 0.6) is 0 Å². The average Bonchev–Trinajstić information content (AvgIpc) is 3.02. The first-order valence-corrected chi connectivity index (χ1v) is 9.21. The molecule has 0 saturated heterocycles. The second kappa shape index (κ2) is 8.90. The van der Waals surface area contributed by atoms with E-state index in [0.29, 0.717) is 11.1 Å². The van der Waals surface area contributed by atoms with Gasteiger partial charge in [-0.15, -0.1) is 11.3 Å². The molecule has 1 N–H and O–H groups in total. The predicted octanol–water partition coefficient (Wildman–Crippen LogP) is 5.23. The van der Waals surface area contributed by atoms with Gasteiger partial charge in [-0.3, -0.25) is 4.90 Å². The van der Waals surface area contributed by atoms with Crippen LogP contribution in [0.4, 0.5) is 0 Å². The monoisotopic (exact) mass is 356 g/mol. The maximum atomic E-state index is 6.23. The van der Waals surface area contributed by atoms with Crippen molar-refractivity contribution < 1.29 is 0 Å². The fourth-order valence-electron chi connectivity index (χ4n) is 2.56. The molecule has 0 aliphatic carbocycles. The molecule has 1 heterocycles. The maximum absolute atomic E-state index is 6.23. The Labute approximate surface area is 147 Å². The number of hydrogen-bond donors (Lipinski definition) is 1. The van der Waals surface area contributed by atoms with Gasteiger partial charge < -0.3 is 5.32 Å². The number of halogens is 2. The molecule has 0 fully saturated rings. The minimum absolute atomic E-state index is 0.404. The van der Waals surface area contributed by atoms with E-state index in [2.05, 4.69) is 41.6 Å². The summed E-state index contributed by atoms with van der Waals surface area (Å²) in [6.45, 7) is 8.16. The lowest BCUT2D eigenvalue weighted by Crippen LogP contribution is -2.35. The van der Waals surface area contributed by atoms with Crippen LogP contribution in [0.2, 0.25) is 10.0 Å². The SMILES string of the molecule is CCN(CC)C(CNCc1ccc(Cl)cc1Cl)c1cccs1. The molecule has 5 heteroatoms. The highest BCUT2D eigenvalue weighted by Gasteiger charge is 2.18. The summed E-state index contributed by atoms with van der Waals surface area (Å²) < 4.78 is 0. The molecule has 22 heavy (non-hydrogen) atoms. The summed E-state index contributed by atoms with van der Waals surface area (Å²) in [5.41, 5.74) is 1.08. The normalized spacial score (nSPS) is 12.8. The van der Waals surface area contributed by atoms with Crippen LogP contribution in [0.15, 0.2) is 35.7 Å². The van der Waals surface area contributed by atoms with Crippen molar-refractivity contribution in [3.8, 4) is 0 Å². The Morgan fingerprint density at radius 2 is 1.95 bits per heavy atom. The van der Waals surface area contributed by atoms with Gasteiger partial charge in [-0.05, 0) is 42.2 Å². The standard InChI is InChI=1S/C17H22Cl2N2S/c1-3-21(4-2)16(17-6-5-9-22-17)12-20-11-13-7-8-14(18)10-15(13)19/h5-10,16,20H,3-4,11-12H2,1-2H3. The highest BCUT2D eigenvalue weighted by atomic mass is 35.5. The topological polar surface area (TPSA) is 15.3 Å². The Balaban J connectivity index is 1.99. The molecule has 1 aromatic heterocycles. The Morgan fingerprint density at radius 3 is 2.55 bits per heavy atom. The summed E-state index contributed by atoms with van der Waals surface area (Å²) in [5.74, 6) is 0. The fourth-order valence-corrected chi connectivity index (χ4v) is 3.90. The molecule has 1 aromatic carbocycles. The molecule has 0 aliphatic rings. The molecule has 2 aromatic rings. The minimum atomic E-state index is 0.404. The zero-order valence-electron chi connectivity index (χ0n) is 13.0. The number of nitrogens with zero attached hydrogens (tertiary/aromatic N) is 1. The highest BCUT2D eigenvalue weighted by molar-refractivity contribution is 7.10. The Morgan fingerprint density at radius 1 is 1.18 bits per heavy atom. The third-order valence-corrected chi connectivity index (χ3v) is 5.35. The summed E-state index contributed by atoms with van der Waals surface area (Å²) in [4.78, 5) is 3.88. The van der Waals surface area contributed by atoms with Crippen LogP contribution >= 0.6 is 34.5 Å². The molecule has 0 spiro atoms. The number of benzene rings is 1.